The minimum atomic E-state index is -3.71. The van der Waals surface area contributed by atoms with Crippen molar-refractivity contribution in [1.29, 1.82) is 0 Å². The molecule has 6 nitrogen and oxygen atoms in total. The van der Waals surface area contributed by atoms with Crippen molar-refractivity contribution in [3.05, 3.63) is 29.0 Å². The average molecular weight is 273 g/mol. The Morgan fingerprint density at radius 2 is 2.29 bits per heavy atom. The van der Waals surface area contributed by atoms with E-state index < -0.39 is 10.0 Å². The number of aromatic nitrogens is 1. The third-order valence-corrected chi connectivity index (χ3v) is 4.16. The number of nitrogens with two attached hydrogens (primary N) is 1. The maximum Gasteiger partial charge on any atom is 0.297 e. The van der Waals surface area contributed by atoms with Crippen LogP contribution in [0, 0.1) is 6.92 Å². The van der Waals surface area contributed by atoms with Crippen LogP contribution in [0.4, 0.5) is 5.13 Å². The van der Waals surface area contributed by atoms with E-state index in [1.807, 2.05) is 0 Å². The molecule has 0 spiro atoms. The molecule has 17 heavy (non-hydrogen) atoms. The van der Waals surface area contributed by atoms with Crippen LogP contribution in [-0.4, -0.2) is 13.4 Å². The second-order valence-corrected chi connectivity index (χ2v) is 5.80. The third-order valence-electron chi connectivity index (χ3n) is 1.94. The molecular weight excluding hydrogens is 262 g/mol. The van der Waals surface area contributed by atoms with E-state index >= 15 is 0 Å². The topological polar surface area (TPSA) is 98.2 Å². The summed E-state index contributed by atoms with van der Waals surface area (Å²) in [6, 6.07) is 2.90. The van der Waals surface area contributed by atoms with E-state index in [-0.39, 0.29) is 11.6 Å². The van der Waals surface area contributed by atoms with Crippen molar-refractivity contribution in [1.82, 2.24) is 4.98 Å². The predicted octanol–water partition coefficient (Wildman–Crippen LogP) is 1.30. The smallest absolute Gasteiger partial charge is 0.297 e. The van der Waals surface area contributed by atoms with Crippen molar-refractivity contribution in [2.75, 3.05) is 4.72 Å². The van der Waals surface area contributed by atoms with Crippen LogP contribution in [0.15, 0.2) is 27.0 Å². The third kappa shape index (κ3) is 2.65. The Balaban J connectivity index is 2.24. The van der Waals surface area contributed by atoms with Crippen LogP contribution in [0.5, 0.6) is 0 Å². The second kappa shape index (κ2) is 4.47. The van der Waals surface area contributed by atoms with Crippen LogP contribution in [0.25, 0.3) is 0 Å². The second-order valence-electron chi connectivity index (χ2n) is 3.32. The lowest BCUT2D eigenvalue weighted by Gasteiger charge is -2.01. The lowest BCUT2D eigenvalue weighted by molar-refractivity contribution is 0.417. The monoisotopic (exact) mass is 273 g/mol. The standard InChI is InChI=1S/C9H11N3O3S2/c1-6-5-16-9(11-6)12-17(13,14)8-3-2-7(4-10)15-8/h2-3,5H,4,10H2,1H3,(H,11,12). The van der Waals surface area contributed by atoms with E-state index in [0.29, 0.717) is 10.9 Å². The molecule has 0 aliphatic rings. The highest BCUT2D eigenvalue weighted by Gasteiger charge is 2.19. The molecule has 3 N–H and O–H groups in total. The first-order valence-electron chi connectivity index (χ1n) is 4.75. The number of rotatable bonds is 4. The van der Waals surface area contributed by atoms with E-state index in [9.17, 15) is 8.42 Å². The summed E-state index contributed by atoms with van der Waals surface area (Å²) in [6.45, 7) is 1.94. The summed E-state index contributed by atoms with van der Waals surface area (Å²) in [5, 5.41) is 1.91. The molecule has 0 bridgehead atoms. The highest BCUT2D eigenvalue weighted by atomic mass is 32.2. The minimum Gasteiger partial charge on any atom is -0.446 e. The fourth-order valence-corrected chi connectivity index (χ4v) is 3.07. The van der Waals surface area contributed by atoms with E-state index in [0.717, 1.165) is 5.69 Å². The minimum absolute atomic E-state index is 0.159. The fourth-order valence-electron chi connectivity index (χ4n) is 1.18. The zero-order valence-corrected chi connectivity index (χ0v) is 10.6. The summed E-state index contributed by atoms with van der Waals surface area (Å²) in [6.07, 6.45) is 0. The van der Waals surface area contributed by atoms with Crippen LogP contribution < -0.4 is 10.5 Å². The fraction of sp³-hybridized carbons (Fsp3) is 0.222. The molecular formula is C9H11N3O3S2. The van der Waals surface area contributed by atoms with Crippen molar-refractivity contribution in [2.45, 2.75) is 18.6 Å². The maximum absolute atomic E-state index is 11.9. The zero-order chi connectivity index (χ0) is 12.5. The van der Waals surface area contributed by atoms with E-state index in [4.69, 9.17) is 10.2 Å². The zero-order valence-electron chi connectivity index (χ0n) is 9.00. The number of nitrogens with zero attached hydrogens (tertiary/aromatic N) is 1. The molecule has 0 saturated carbocycles. The molecule has 0 saturated heterocycles. The van der Waals surface area contributed by atoms with Crippen molar-refractivity contribution < 1.29 is 12.8 Å². The Morgan fingerprint density at radius 3 is 2.82 bits per heavy atom. The van der Waals surface area contributed by atoms with Gasteiger partial charge in [0.25, 0.3) is 10.0 Å². The highest BCUT2D eigenvalue weighted by molar-refractivity contribution is 7.92. The Bertz CT molecular complexity index is 615. The molecule has 0 unspecified atom stereocenters. The van der Waals surface area contributed by atoms with Gasteiger partial charge in [-0.2, -0.15) is 8.42 Å². The SMILES string of the molecule is Cc1csc(NS(=O)(=O)c2ccc(CN)o2)n1. The Hall–Kier alpha value is -1.38. The van der Waals surface area contributed by atoms with Gasteiger partial charge in [-0.15, -0.1) is 11.3 Å². The van der Waals surface area contributed by atoms with Gasteiger partial charge in [0.2, 0.25) is 5.09 Å². The van der Waals surface area contributed by atoms with Gasteiger partial charge in [-0.3, -0.25) is 4.72 Å². The van der Waals surface area contributed by atoms with Crippen LogP contribution >= 0.6 is 11.3 Å². The first kappa shape index (κ1) is 12.1. The maximum atomic E-state index is 11.9. The van der Waals surface area contributed by atoms with Gasteiger partial charge in [0.1, 0.15) is 5.76 Å². The summed E-state index contributed by atoms with van der Waals surface area (Å²) in [5.74, 6) is 0.417. The molecule has 2 aromatic heterocycles. The van der Waals surface area contributed by atoms with Gasteiger partial charge >= 0.3 is 0 Å². The van der Waals surface area contributed by atoms with Crippen LogP contribution in [-0.2, 0) is 16.6 Å². The summed E-state index contributed by atoms with van der Waals surface area (Å²) in [4.78, 5) is 4.01. The number of thiazole rings is 1. The number of furan rings is 1. The summed E-state index contributed by atoms with van der Waals surface area (Å²) in [5.41, 5.74) is 6.10. The summed E-state index contributed by atoms with van der Waals surface area (Å²) in [7, 11) is -3.71. The molecule has 0 amide bonds. The molecule has 0 radical (unpaired) electrons. The molecule has 0 aliphatic heterocycles. The van der Waals surface area contributed by atoms with Gasteiger partial charge in [-0.05, 0) is 19.1 Å². The number of hydrogen-bond acceptors (Lipinski definition) is 6. The molecule has 0 atom stereocenters. The molecule has 0 aliphatic carbocycles. The lowest BCUT2D eigenvalue weighted by Crippen LogP contribution is -2.12. The molecule has 2 heterocycles. The number of hydrogen-bond donors (Lipinski definition) is 2. The first-order valence-corrected chi connectivity index (χ1v) is 7.11. The molecule has 2 rings (SSSR count). The normalized spacial score (nSPS) is 11.6. The molecule has 92 valence electrons. The highest BCUT2D eigenvalue weighted by Crippen LogP contribution is 2.21. The van der Waals surface area contributed by atoms with Gasteiger partial charge in [-0.1, -0.05) is 0 Å². The quantitative estimate of drug-likeness (QED) is 0.875. The number of nitrogens with one attached hydrogen (secondary N) is 1. The number of aryl methyl sites for hydroxylation is 1. The van der Waals surface area contributed by atoms with Gasteiger partial charge in [0.05, 0.1) is 12.2 Å². The summed E-state index contributed by atoms with van der Waals surface area (Å²) < 4.78 is 31.1. The van der Waals surface area contributed by atoms with Crippen LogP contribution in [0.2, 0.25) is 0 Å². The number of anilines is 1. The average Bonchev–Trinajstić information content (AvgIpc) is 2.86. The Morgan fingerprint density at radius 1 is 1.53 bits per heavy atom. The number of sulfonamides is 1. The molecule has 8 heteroatoms. The van der Waals surface area contributed by atoms with Gasteiger partial charge in [-0.25, -0.2) is 4.98 Å². The van der Waals surface area contributed by atoms with Gasteiger partial charge in [0, 0.05) is 5.38 Å². The Kier molecular flexibility index (Phi) is 3.18. The van der Waals surface area contributed by atoms with Crippen LogP contribution in [0.1, 0.15) is 11.5 Å². The summed E-state index contributed by atoms with van der Waals surface area (Å²) >= 11 is 1.22. The van der Waals surface area contributed by atoms with Gasteiger partial charge in [0.15, 0.2) is 5.13 Å². The van der Waals surface area contributed by atoms with Gasteiger partial charge < -0.3 is 10.2 Å². The van der Waals surface area contributed by atoms with Crippen LogP contribution in [0.3, 0.4) is 0 Å². The van der Waals surface area contributed by atoms with Crippen molar-refractivity contribution in [3.63, 3.8) is 0 Å². The predicted molar refractivity (Wildman–Crippen MR) is 64.3 cm³/mol. The molecule has 2 aromatic rings. The van der Waals surface area contributed by atoms with Crippen molar-refractivity contribution >= 4 is 26.5 Å². The van der Waals surface area contributed by atoms with E-state index in [1.54, 1.807) is 12.3 Å². The van der Waals surface area contributed by atoms with Crippen molar-refractivity contribution in [3.8, 4) is 0 Å². The lowest BCUT2D eigenvalue weighted by atomic mass is 10.5. The van der Waals surface area contributed by atoms with Crippen molar-refractivity contribution in [2.24, 2.45) is 5.73 Å². The molecule has 0 fully saturated rings. The molecule has 0 aromatic carbocycles. The van der Waals surface area contributed by atoms with E-state index in [2.05, 4.69) is 9.71 Å². The largest absolute Gasteiger partial charge is 0.446 e. The first-order chi connectivity index (χ1) is 8.01. The van der Waals surface area contributed by atoms with E-state index in [1.165, 1.54) is 23.5 Å². The Labute approximate surface area is 103 Å².